The first-order valence-corrected chi connectivity index (χ1v) is 5.58. The minimum atomic E-state index is -0.553. The summed E-state index contributed by atoms with van der Waals surface area (Å²) in [5.41, 5.74) is 6.16. The minimum absolute atomic E-state index is 0.0488. The quantitative estimate of drug-likeness (QED) is 0.839. The lowest BCUT2D eigenvalue weighted by atomic mass is 10.2. The number of nitrogens with two attached hydrogens (primary N) is 1. The van der Waals surface area contributed by atoms with Crippen LogP contribution in [-0.2, 0) is 4.79 Å². The maximum absolute atomic E-state index is 11.6. The molecule has 0 radical (unpaired) electrons. The Morgan fingerprint density at radius 3 is 2.47 bits per heavy atom. The Labute approximate surface area is 93.0 Å². The Balaban J connectivity index is 2.47. The number of carbonyl (C=O) groups excluding carboxylic acids is 2. The third-order valence-corrected chi connectivity index (χ3v) is 2.95. The highest BCUT2D eigenvalue weighted by atomic mass is 32.2. The van der Waals surface area contributed by atoms with Crippen molar-refractivity contribution < 1.29 is 9.59 Å². The van der Waals surface area contributed by atoms with Gasteiger partial charge in [-0.1, -0.05) is 42.1 Å². The van der Waals surface area contributed by atoms with Gasteiger partial charge in [0.15, 0.2) is 0 Å². The summed E-state index contributed by atoms with van der Waals surface area (Å²) in [5, 5.41) is -0.0488. The van der Waals surface area contributed by atoms with E-state index >= 15 is 0 Å². The summed E-state index contributed by atoms with van der Waals surface area (Å²) in [6.07, 6.45) is 0. The SMILES string of the molecule is CC(=O)C(N)CSC(=O)c1ccccc1. The number of Topliss-reactive ketones (excluding diaryl/α,β-unsaturated/α-hetero) is 1. The number of hydrogen-bond acceptors (Lipinski definition) is 4. The van der Waals surface area contributed by atoms with Crippen molar-refractivity contribution >= 4 is 22.7 Å². The van der Waals surface area contributed by atoms with E-state index in [1.165, 1.54) is 6.92 Å². The van der Waals surface area contributed by atoms with Gasteiger partial charge in [-0.2, -0.15) is 0 Å². The summed E-state index contributed by atoms with van der Waals surface area (Å²) >= 11 is 1.08. The molecule has 2 N–H and O–H groups in total. The van der Waals surface area contributed by atoms with Crippen LogP contribution >= 0.6 is 11.8 Å². The van der Waals surface area contributed by atoms with Gasteiger partial charge in [-0.15, -0.1) is 0 Å². The van der Waals surface area contributed by atoms with Crippen molar-refractivity contribution in [3.8, 4) is 0 Å². The zero-order valence-corrected chi connectivity index (χ0v) is 9.29. The molecule has 4 heteroatoms. The zero-order chi connectivity index (χ0) is 11.3. The van der Waals surface area contributed by atoms with Crippen molar-refractivity contribution in [1.82, 2.24) is 0 Å². The lowest BCUT2D eigenvalue weighted by molar-refractivity contribution is -0.117. The van der Waals surface area contributed by atoms with Crippen molar-refractivity contribution in [1.29, 1.82) is 0 Å². The van der Waals surface area contributed by atoms with E-state index in [1.807, 2.05) is 6.07 Å². The van der Waals surface area contributed by atoms with Crippen LogP contribution in [0.15, 0.2) is 30.3 Å². The second-order valence-electron chi connectivity index (χ2n) is 3.18. The third kappa shape index (κ3) is 3.85. The molecule has 80 valence electrons. The highest BCUT2D eigenvalue weighted by Gasteiger charge is 2.12. The van der Waals surface area contributed by atoms with Gasteiger partial charge in [-0.3, -0.25) is 9.59 Å². The molecule has 0 spiro atoms. The van der Waals surface area contributed by atoms with Gasteiger partial charge in [0.1, 0.15) is 5.78 Å². The molecule has 15 heavy (non-hydrogen) atoms. The molecule has 1 aromatic carbocycles. The van der Waals surface area contributed by atoms with E-state index in [0.717, 1.165) is 11.8 Å². The van der Waals surface area contributed by atoms with Crippen LogP contribution in [0.1, 0.15) is 17.3 Å². The molecule has 0 amide bonds. The Bertz CT molecular complexity index is 351. The summed E-state index contributed by atoms with van der Waals surface area (Å²) < 4.78 is 0. The maximum atomic E-state index is 11.6. The van der Waals surface area contributed by atoms with Crippen molar-refractivity contribution in [2.24, 2.45) is 5.73 Å². The topological polar surface area (TPSA) is 60.2 Å². The Morgan fingerprint density at radius 2 is 1.93 bits per heavy atom. The van der Waals surface area contributed by atoms with E-state index in [0.29, 0.717) is 11.3 Å². The average molecular weight is 223 g/mol. The van der Waals surface area contributed by atoms with Gasteiger partial charge < -0.3 is 5.73 Å². The van der Waals surface area contributed by atoms with Crippen molar-refractivity contribution in [3.63, 3.8) is 0 Å². The van der Waals surface area contributed by atoms with E-state index in [-0.39, 0.29) is 10.9 Å². The van der Waals surface area contributed by atoms with E-state index in [9.17, 15) is 9.59 Å². The van der Waals surface area contributed by atoms with Crippen molar-refractivity contribution in [2.75, 3.05) is 5.75 Å². The number of rotatable bonds is 4. The molecule has 0 saturated carbocycles. The van der Waals surface area contributed by atoms with Gasteiger partial charge in [0.25, 0.3) is 0 Å². The molecule has 0 fully saturated rings. The molecule has 1 atom stereocenters. The zero-order valence-electron chi connectivity index (χ0n) is 8.47. The number of hydrogen-bond donors (Lipinski definition) is 1. The summed E-state index contributed by atoms with van der Waals surface area (Å²) in [6.45, 7) is 1.43. The summed E-state index contributed by atoms with van der Waals surface area (Å²) in [7, 11) is 0. The molecule has 3 nitrogen and oxygen atoms in total. The van der Waals surface area contributed by atoms with Gasteiger partial charge in [-0.05, 0) is 6.92 Å². The predicted octanol–water partition coefficient (Wildman–Crippen LogP) is 1.48. The van der Waals surface area contributed by atoms with Crippen molar-refractivity contribution in [2.45, 2.75) is 13.0 Å². The predicted molar refractivity (Wildman–Crippen MR) is 61.9 cm³/mol. The smallest absolute Gasteiger partial charge is 0.219 e. The second-order valence-corrected chi connectivity index (χ2v) is 4.17. The fraction of sp³-hybridized carbons (Fsp3) is 0.273. The van der Waals surface area contributed by atoms with E-state index in [1.54, 1.807) is 24.3 Å². The number of ketones is 1. The first-order chi connectivity index (χ1) is 7.11. The molecule has 0 bridgehead atoms. The normalized spacial score (nSPS) is 12.1. The van der Waals surface area contributed by atoms with Crippen molar-refractivity contribution in [3.05, 3.63) is 35.9 Å². The second kappa shape index (κ2) is 5.68. The van der Waals surface area contributed by atoms with Crippen LogP contribution in [0.4, 0.5) is 0 Å². The molecule has 0 aliphatic rings. The molecule has 0 heterocycles. The molecule has 0 aromatic heterocycles. The molecule has 0 aliphatic heterocycles. The lowest BCUT2D eigenvalue weighted by Gasteiger charge is -2.05. The lowest BCUT2D eigenvalue weighted by Crippen LogP contribution is -2.31. The summed E-state index contributed by atoms with van der Waals surface area (Å²) in [4.78, 5) is 22.4. The first-order valence-electron chi connectivity index (χ1n) is 4.59. The van der Waals surface area contributed by atoms with Crippen LogP contribution in [0.3, 0.4) is 0 Å². The van der Waals surface area contributed by atoms with E-state index in [4.69, 9.17) is 5.73 Å². The van der Waals surface area contributed by atoms with Crippen LogP contribution in [0.25, 0.3) is 0 Å². The third-order valence-electron chi connectivity index (χ3n) is 1.93. The maximum Gasteiger partial charge on any atom is 0.219 e. The Hall–Kier alpha value is -1.13. The number of thioether (sulfide) groups is 1. The van der Waals surface area contributed by atoms with Gasteiger partial charge in [0.05, 0.1) is 6.04 Å². The summed E-state index contributed by atoms with van der Waals surface area (Å²) in [6, 6.07) is 8.39. The van der Waals surface area contributed by atoms with Crippen LogP contribution in [0.2, 0.25) is 0 Å². The molecule has 0 aliphatic carbocycles. The number of carbonyl (C=O) groups is 2. The van der Waals surface area contributed by atoms with Crippen LogP contribution in [0, 0.1) is 0 Å². The monoisotopic (exact) mass is 223 g/mol. The Morgan fingerprint density at radius 1 is 1.33 bits per heavy atom. The van der Waals surface area contributed by atoms with E-state index in [2.05, 4.69) is 0 Å². The average Bonchev–Trinajstić information content (AvgIpc) is 2.26. The van der Waals surface area contributed by atoms with Crippen LogP contribution in [0.5, 0.6) is 0 Å². The highest BCUT2D eigenvalue weighted by Crippen LogP contribution is 2.12. The Kier molecular flexibility index (Phi) is 4.52. The van der Waals surface area contributed by atoms with E-state index < -0.39 is 6.04 Å². The highest BCUT2D eigenvalue weighted by molar-refractivity contribution is 8.14. The fourth-order valence-corrected chi connectivity index (χ4v) is 1.81. The summed E-state index contributed by atoms with van der Waals surface area (Å²) in [5.74, 6) is 0.242. The standard InChI is InChI=1S/C11H13NO2S/c1-8(13)10(12)7-15-11(14)9-5-3-2-4-6-9/h2-6,10H,7,12H2,1H3. The first kappa shape index (κ1) is 11.9. The molecular weight excluding hydrogens is 210 g/mol. The molecular formula is C11H13NO2S. The largest absolute Gasteiger partial charge is 0.321 e. The molecule has 1 unspecified atom stereocenters. The molecule has 1 rings (SSSR count). The van der Waals surface area contributed by atoms with Gasteiger partial charge >= 0.3 is 0 Å². The molecule has 1 aromatic rings. The van der Waals surface area contributed by atoms with Crippen LogP contribution < -0.4 is 5.73 Å². The van der Waals surface area contributed by atoms with Gasteiger partial charge in [0, 0.05) is 11.3 Å². The van der Waals surface area contributed by atoms with Crippen LogP contribution in [-0.4, -0.2) is 22.7 Å². The minimum Gasteiger partial charge on any atom is -0.321 e. The molecule has 0 saturated heterocycles. The van der Waals surface area contributed by atoms with Gasteiger partial charge in [0.2, 0.25) is 5.12 Å². The van der Waals surface area contributed by atoms with Gasteiger partial charge in [-0.25, -0.2) is 0 Å². The fourth-order valence-electron chi connectivity index (χ4n) is 0.940. The number of benzene rings is 1.